The van der Waals surface area contributed by atoms with Gasteiger partial charge in [0.25, 0.3) is 0 Å². The molecule has 1 aliphatic heterocycles. The highest BCUT2D eigenvalue weighted by atomic mass is 31.2. The molecular formula is C34H45N6O12P. The number of nitriles is 1. The third-order valence-corrected chi connectivity index (χ3v) is 9.16. The number of carbonyl (C=O) groups excluding carboxylic acids is 3. The molecule has 2 aromatic heterocycles. The van der Waals surface area contributed by atoms with Crippen molar-refractivity contribution in [2.24, 2.45) is 0 Å². The Labute approximate surface area is 306 Å². The van der Waals surface area contributed by atoms with Crippen LogP contribution in [-0.2, 0) is 42.4 Å². The number of fused-ring (bicyclic) bond motifs is 1. The quantitative estimate of drug-likeness (QED) is 0.0930. The van der Waals surface area contributed by atoms with Crippen molar-refractivity contribution >= 4 is 37.0 Å². The second kappa shape index (κ2) is 16.2. The molecule has 0 amide bonds. The van der Waals surface area contributed by atoms with Gasteiger partial charge in [0.05, 0.1) is 35.8 Å². The van der Waals surface area contributed by atoms with Gasteiger partial charge in [0, 0.05) is 0 Å². The number of hydrogen-bond donors (Lipinski definition) is 4. The molecule has 5 N–H and O–H groups in total. The highest BCUT2D eigenvalue weighted by Gasteiger charge is 2.62. The zero-order valence-corrected chi connectivity index (χ0v) is 31.3. The molecule has 6 atom stereocenters. The first-order valence-corrected chi connectivity index (χ1v) is 18.2. The van der Waals surface area contributed by atoms with E-state index in [1.165, 1.54) is 57.3 Å². The first-order chi connectivity index (χ1) is 24.6. The molecule has 0 unspecified atom stereocenters. The zero-order chi connectivity index (χ0) is 39.4. The van der Waals surface area contributed by atoms with Crippen LogP contribution in [-0.4, -0.2) is 90.5 Å². The van der Waals surface area contributed by atoms with Gasteiger partial charge in [-0.3, -0.25) is 18.9 Å². The van der Waals surface area contributed by atoms with E-state index in [2.05, 4.69) is 15.2 Å². The van der Waals surface area contributed by atoms with Crippen molar-refractivity contribution in [3.05, 3.63) is 54.5 Å². The molecule has 3 heterocycles. The minimum atomic E-state index is -4.64. The lowest BCUT2D eigenvalue weighted by Crippen LogP contribution is -2.50. The Kier molecular flexibility index (Phi) is 12.5. The van der Waals surface area contributed by atoms with E-state index in [-0.39, 0.29) is 17.3 Å². The topological polar surface area (TPSA) is 256 Å². The molecular weight excluding hydrogens is 715 g/mol. The maximum absolute atomic E-state index is 14.4. The molecule has 1 aliphatic rings. The van der Waals surface area contributed by atoms with Gasteiger partial charge in [-0.1, -0.05) is 18.2 Å². The van der Waals surface area contributed by atoms with Crippen LogP contribution < -0.4 is 15.3 Å². The van der Waals surface area contributed by atoms with Gasteiger partial charge < -0.3 is 39.4 Å². The summed E-state index contributed by atoms with van der Waals surface area (Å²) in [5, 5.41) is 38.4. The van der Waals surface area contributed by atoms with Crippen LogP contribution in [0.3, 0.4) is 0 Å². The third-order valence-electron chi connectivity index (χ3n) is 7.54. The molecule has 19 heteroatoms. The summed E-state index contributed by atoms with van der Waals surface area (Å²) in [6.45, 7) is 9.12. The molecule has 53 heavy (non-hydrogen) atoms. The SMILES string of the molecule is CC(C)OC(=O)[C@H](C)N[P@](=O)(OC[C@@]1(C#N)O[C@@H](c2ccc3c(N)ncnn23)[C@H](OC(=O)CC(C)(C)O)[C@@H]1OC(=O)CC(C)(C)O)Oc1ccccc1. The van der Waals surface area contributed by atoms with Crippen molar-refractivity contribution < 1.29 is 57.2 Å². The van der Waals surface area contributed by atoms with Gasteiger partial charge in [-0.15, -0.1) is 0 Å². The van der Waals surface area contributed by atoms with E-state index in [1.54, 1.807) is 38.1 Å². The average molecular weight is 761 g/mol. The summed E-state index contributed by atoms with van der Waals surface area (Å²) in [5.74, 6) is -2.62. The number of benzene rings is 1. The number of nitrogens with zero attached hydrogens (tertiary/aromatic N) is 4. The number of hydrogen-bond acceptors (Lipinski definition) is 16. The van der Waals surface area contributed by atoms with E-state index in [1.807, 2.05) is 6.07 Å². The van der Waals surface area contributed by atoms with Crippen LogP contribution in [0.1, 0.15) is 73.1 Å². The maximum atomic E-state index is 14.4. The monoisotopic (exact) mass is 760 g/mol. The first kappa shape index (κ1) is 41.1. The highest BCUT2D eigenvalue weighted by Crippen LogP contribution is 2.50. The zero-order valence-electron chi connectivity index (χ0n) is 30.4. The molecule has 0 saturated carbocycles. The lowest BCUT2D eigenvalue weighted by Gasteiger charge is -2.31. The van der Waals surface area contributed by atoms with E-state index in [4.69, 9.17) is 33.7 Å². The summed E-state index contributed by atoms with van der Waals surface area (Å²) in [6.07, 6.45) is -5.32. The summed E-state index contributed by atoms with van der Waals surface area (Å²) in [6, 6.07) is 11.6. The molecule has 0 spiro atoms. The summed E-state index contributed by atoms with van der Waals surface area (Å²) in [5.41, 5.74) is 1.04. The second-order valence-corrected chi connectivity index (χ2v) is 15.8. The Morgan fingerprint density at radius 1 is 1.06 bits per heavy atom. The van der Waals surface area contributed by atoms with Crippen LogP contribution in [0.5, 0.6) is 5.75 Å². The lowest BCUT2D eigenvalue weighted by molar-refractivity contribution is -0.174. The Hall–Kier alpha value is -4.63. The smallest absolute Gasteiger partial charge is 0.459 e. The molecule has 3 aromatic rings. The molecule has 0 aliphatic carbocycles. The molecule has 0 bridgehead atoms. The summed E-state index contributed by atoms with van der Waals surface area (Å²) < 4.78 is 50.5. The van der Waals surface area contributed by atoms with E-state index >= 15 is 0 Å². The fraction of sp³-hybridized carbons (Fsp3) is 0.529. The van der Waals surface area contributed by atoms with E-state index in [0.717, 1.165) is 6.33 Å². The van der Waals surface area contributed by atoms with Crippen LogP contribution in [0.15, 0.2) is 48.8 Å². The molecule has 1 saturated heterocycles. The Morgan fingerprint density at radius 3 is 2.26 bits per heavy atom. The van der Waals surface area contributed by atoms with Gasteiger partial charge in [0.2, 0.25) is 5.60 Å². The van der Waals surface area contributed by atoms with Gasteiger partial charge in [0.15, 0.2) is 18.0 Å². The predicted octanol–water partition coefficient (Wildman–Crippen LogP) is 2.92. The summed E-state index contributed by atoms with van der Waals surface area (Å²) >= 11 is 0. The third kappa shape index (κ3) is 10.7. The number of aliphatic hydroxyl groups is 2. The Morgan fingerprint density at radius 2 is 1.68 bits per heavy atom. The number of para-hydroxylation sites is 1. The van der Waals surface area contributed by atoms with Crippen LogP contribution in [0.4, 0.5) is 5.82 Å². The summed E-state index contributed by atoms with van der Waals surface area (Å²) in [7, 11) is -4.64. The standard InChI is InChI=1S/C34H45N6O12P/c1-20(2)48-31(43)21(3)39-53(46,52-22-11-9-8-10-12-22)47-18-34(17-35)29(50-26(42)16-33(6,7)45)28(49-25(41)15-32(4,5)44)27(51-34)23-13-14-24-30(36)37-19-38-40(23)24/h8-14,19-21,27-29,44-45H,15-16,18H2,1-7H3,(H,39,46)(H2,36,37,38)/t21-,27-,28-,29-,34+,53-/m0/s1. The van der Waals surface area contributed by atoms with Gasteiger partial charge >= 0.3 is 25.7 Å². The van der Waals surface area contributed by atoms with Crippen molar-refractivity contribution in [3.8, 4) is 11.8 Å². The number of ether oxygens (including phenoxy) is 4. The average Bonchev–Trinajstić information content (AvgIpc) is 3.59. The van der Waals surface area contributed by atoms with Crippen LogP contribution in [0.2, 0.25) is 0 Å². The number of esters is 3. The number of anilines is 1. The van der Waals surface area contributed by atoms with E-state index < -0.39 is 92.4 Å². The van der Waals surface area contributed by atoms with Gasteiger partial charge in [-0.05, 0) is 72.7 Å². The number of rotatable bonds is 16. The van der Waals surface area contributed by atoms with Crippen LogP contribution in [0, 0.1) is 11.3 Å². The number of nitrogen functional groups attached to an aromatic ring is 1. The molecule has 1 aromatic carbocycles. The second-order valence-electron chi connectivity index (χ2n) is 14.1. The highest BCUT2D eigenvalue weighted by molar-refractivity contribution is 7.52. The van der Waals surface area contributed by atoms with Gasteiger partial charge in [-0.2, -0.15) is 15.4 Å². The van der Waals surface area contributed by atoms with Crippen molar-refractivity contribution in [1.29, 1.82) is 5.26 Å². The fourth-order valence-electron chi connectivity index (χ4n) is 5.32. The minimum Gasteiger partial charge on any atom is -0.462 e. The predicted molar refractivity (Wildman–Crippen MR) is 186 cm³/mol. The Balaban J connectivity index is 1.82. The van der Waals surface area contributed by atoms with E-state index in [9.17, 15) is 34.4 Å². The fourth-order valence-corrected chi connectivity index (χ4v) is 6.85. The minimum absolute atomic E-state index is 0.0625. The van der Waals surface area contributed by atoms with Crippen molar-refractivity contribution in [2.45, 2.75) is 109 Å². The molecule has 0 radical (unpaired) electrons. The van der Waals surface area contributed by atoms with Crippen LogP contribution >= 0.6 is 7.75 Å². The first-order valence-electron chi connectivity index (χ1n) is 16.6. The Bertz CT molecular complexity index is 1870. The summed E-state index contributed by atoms with van der Waals surface area (Å²) in [4.78, 5) is 43.3. The number of nitrogens with two attached hydrogens (primary N) is 1. The molecule has 1 fully saturated rings. The lowest BCUT2D eigenvalue weighted by atomic mass is 9.95. The molecule has 18 nitrogen and oxygen atoms in total. The van der Waals surface area contributed by atoms with Crippen molar-refractivity contribution in [1.82, 2.24) is 19.7 Å². The van der Waals surface area contributed by atoms with Crippen molar-refractivity contribution in [2.75, 3.05) is 12.3 Å². The molecule has 288 valence electrons. The number of nitrogens with one attached hydrogen (secondary N) is 1. The normalized spacial score (nSPS) is 22.1. The largest absolute Gasteiger partial charge is 0.462 e. The number of aromatic nitrogens is 3. The van der Waals surface area contributed by atoms with Crippen molar-refractivity contribution in [3.63, 3.8) is 0 Å². The number of carbonyl (C=O) groups is 3. The molecule has 4 rings (SSSR count). The van der Waals surface area contributed by atoms with E-state index in [0.29, 0.717) is 5.52 Å². The van der Waals surface area contributed by atoms with Gasteiger partial charge in [-0.25, -0.2) is 14.1 Å². The van der Waals surface area contributed by atoms with Gasteiger partial charge in [0.1, 0.15) is 42.4 Å². The maximum Gasteiger partial charge on any atom is 0.459 e. The van der Waals surface area contributed by atoms with Crippen LogP contribution in [0.25, 0.3) is 5.52 Å².